The van der Waals surface area contributed by atoms with Crippen molar-refractivity contribution >= 4 is 22.9 Å². The number of nitrogens with zero attached hydrogens (tertiary/aromatic N) is 4. The third kappa shape index (κ3) is 3.93. The molecule has 27 heavy (non-hydrogen) atoms. The third-order valence-electron chi connectivity index (χ3n) is 4.22. The third-order valence-corrected chi connectivity index (χ3v) is 5.35. The van der Waals surface area contributed by atoms with Gasteiger partial charge < -0.3 is 9.72 Å². The molecule has 0 aliphatic carbocycles. The average molecular weight is 379 g/mol. The Labute approximate surface area is 161 Å². The normalized spacial score (nSPS) is 11.4. The summed E-state index contributed by atoms with van der Waals surface area (Å²) >= 11 is 1.48. The van der Waals surface area contributed by atoms with E-state index in [1.807, 2.05) is 58.1 Å². The van der Waals surface area contributed by atoms with Crippen LogP contribution in [0.15, 0.2) is 55.2 Å². The molecule has 1 N–H and O–H groups in total. The second-order valence-corrected chi connectivity index (χ2v) is 8.00. The van der Waals surface area contributed by atoms with Crippen molar-refractivity contribution in [3.63, 3.8) is 0 Å². The fourth-order valence-corrected chi connectivity index (χ4v) is 3.81. The van der Waals surface area contributed by atoms with E-state index in [2.05, 4.69) is 29.2 Å². The molecular formula is C20H21N5OS. The quantitative estimate of drug-likeness (QED) is 0.553. The molecule has 4 aromatic heterocycles. The fraction of sp³-hybridized carbons (Fsp3) is 0.250. The summed E-state index contributed by atoms with van der Waals surface area (Å²) in [6, 6.07) is 7.81. The summed E-state index contributed by atoms with van der Waals surface area (Å²) in [5.74, 6) is 0.479. The van der Waals surface area contributed by atoms with Crippen LogP contribution in [0.1, 0.15) is 29.1 Å². The number of rotatable bonds is 6. The molecule has 4 aromatic rings. The van der Waals surface area contributed by atoms with Gasteiger partial charge in [0.15, 0.2) is 0 Å². The maximum atomic E-state index is 12.5. The van der Waals surface area contributed by atoms with E-state index in [1.165, 1.54) is 11.3 Å². The molecule has 0 unspecified atom stereocenters. The van der Waals surface area contributed by atoms with Gasteiger partial charge in [0, 0.05) is 48.3 Å². The molecule has 0 aromatic carbocycles. The molecule has 0 saturated heterocycles. The average Bonchev–Trinajstić information content (AvgIpc) is 3.38. The number of aromatic nitrogens is 4. The van der Waals surface area contributed by atoms with Crippen molar-refractivity contribution in [2.24, 2.45) is 5.92 Å². The minimum atomic E-state index is -0.0657. The molecular weight excluding hydrogens is 358 g/mol. The van der Waals surface area contributed by atoms with Crippen LogP contribution in [0.5, 0.6) is 0 Å². The van der Waals surface area contributed by atoms with E-state index in [9.17, 15) is 4.79 Å². The zero-order valence-corrected chi connectivity index (χ0v) is 16.1. The van der Waals surface area contributed by atoms with E-state index in [4.69, 9.17) is 0 Å². The van der Waals surface area contributed by atoms with Crippen LogP contribution in [-0.2, 0) is 13.1 Å². The van der Waals surface area contributed by atoms with Crippen LogP contribution in [0.3, 0.4) is 0 Å². The molecule has 0 aliphatic heterocycles. The summed E-state index contributed by atoms with van der Waals surface area (Å²) in [6.45, 7) is 5.69. The van der Waals surface area contributed by atoms with E-state index in [-0.39, 0.29) is 5.91 Å². The van der Waals surface area contributed by atoms with E-state index in [1.54, 1.807) is 6.20 Å². The Morgan fingerprint density at radius 1 is 1.26 bits per heavy atom. The number of fused-ring (bicyclic) bond motifs is 1. The molecule has 0 spiro atoms. The number of imidazole rings is 1. The zero-order chi connectivity index (χ0) is 18.8. The van der Waals surface area contributed by atoms with Crippen LogP contribution in [0.4, 0.5) is 0 Å². The Bertz CT molecular complexity index is 1070. The standard InChI is InChI=1S/C20H21N5OS/c1-14(2)12-25-13-16(11-23-25)17-3-4-18(27-17)20(26)22-10-15-5-7-24-8-6-21-19(24)9-15/h3-9,11,13-14H,10,12H2,1-2H3,(H,22,26). The molecule has 0 aliphatic rings. The summed E-state index contributed by atoms with van der Waals surface area (Å²) < 4.78 is 3.89. The first-order chi connectivity index (χ1) is 13.1. The summed E-state index contributed by atoms with van der Waals surface area (Å²) in [5, 5.41) is 7.38. The Morgan fingerprint density at radius 2 is 2.15 bits per heavy atom. The molecule has 7 heteroatoms. The molecule has 0 fully saturated rings. The number of hydrogen-bond acceptors (Lipinski definition) is 4. The van der Waals surface area contributed by atoms with Gasteiger partial charge in [-0.1, -0.05) is 13.8 Å². The van der Waals surface area contributed by atoms with Crippen molar-refractivity contribution < 1.29 is 4.79 Å². The lowest BCUT2D eigenvalue weighted by molar-refractivity contribution is 0.0955. The van der Waals surface area contributed by atoms with Crippen molar-refractivity contribution in [3.8, 4) is 10.4 Å². The van der Waals surface area contributed by atoms with E-state index >= 15 is 0 Å². The van der Waals surface area contributed by atoms with Crippen LogP contribution in [0.25, 0.3) is 16.1 Å². The van der Waals surface area contributed by atoms with Crippen molar-refractivity contribution in [2.45, 2.75) is 26.9 Å². The predicted octanol–water partition coefficient (Wildman–Crippen LogP) is 3.85. The molecule has 4 rings (SSSR count). The summed E-state index contributed by atoms with van der Waals surface area (Å²) in [6.07, 6.45) is 9.49. The summed E-state index contributed by atoms with van der Waals surface area (Å²) in [7, 11) is 0. The highest BCUT2D eigenvalue weighted by atomic mass is 32.1. The lowest BCUT2D eigenvalue weighted by atomic mass is 10.2. The maximum absolute atomic E-state index is 12.5. The Hall–Kier alpha value is -2.93. The fourth-order valence-electron chi connectivity index (χ4n) is 2.91. The SMILES string of the molecule is CC(C)Cn1cc(-c2ccc(C(=O)NCc3ccn4ccnc4c3)s2)cn1. The second kappa shape index (κ2) is 7.36. The lowest BCUT2D eigenvalue weighted by Gasteiger charge is -2.04. The topological polar surface area (TPSA) is 64.2 Å². The highest BCUT2D eigenvalue weighted by Gasteiger charge is 2.12. The Balaban J connectivity index is 1.41. The number of hydrogen-bond donors (Lipinski definition) is 1. The number of amides is 1. The van der Waals surface area contributed by atoms with Gasteiger partial charge in [-0.05, 0) is 35.7 Å². The summed E-state index contributed by atoms with van der Waals surface area (Å²) in [4.78, 5) is 18.5. The second-order valence-electron chi connectivity index (χ2n) is 6.92. The molecule has 138 valence electrons. The minimum Gasteiger partial charge on any atom is -0.347 e. The van der Waals surface area contributed by atoms with Gasteiger partial charge in [-0.25, -0.2) is 4.98 Å². The Morgan fingerprint density at radius 3 is 3.00 bits per heavy atom. The molecule has 6 nitrogen and oxygen atoms in total. The molecule has 0 atom stereocenters. The predicted molar refractivity (Wildman–Crippen MR) is 107 cm³/mol. The first kappa shape index (κ1) is 17.5. The summed E-state index contributed by atoms with van der Waals surface area (Å²) in [5.41, 5.74) is 2.94. The Kier molecular flexibility index (Phi) is 4.77. The number of carbonyl (C=O) groups is 1. The van der Waals surface area contributed by atoms with Gasteiger partial charge in [0.2, 0.25) is 0 Å². The van der Waals surface area contributed by atoms with Crippen LogP contribution in [-0.4, -0.2) is 25.1 Å². The first-order valence-electron chi connectivity index (χ1n) is 8.91. The minimum absolute atomic E-state index is 0.0657. The van der Waals surface area contributed by atoms with Crippen molar-refractivity contribution in [1.82, 2.24) is 24.5 Å². The van der Waals surface area contributed by atoms with Crippen LogP contribution in [0, 0.1) is 5.92 Å². The van der Waals surface area contributed by atoms with Crippen LogP contribution in [0.2, 0.25) is 0 Å². The molecule has 0 bridgehead atoms. The molecule has 4 heterocycles. The van der Waals surface area contributed by atoms with Gasteiger partial charge in [-0.3, -0.25) is 9.48 Å². The van der Waals surface area contributed by atoms with Crippen molar-refractivity contribution in [1.29, 1.82) is 0 Å². The van der Waals surface area contributed by atoms with Gasteiger partial charge >= 0.3 is 0 Å². The van der Waals surface area contributed by atoms with Gasteiger partial charge in [-0.15, -0.1) is 11.3 Å². The highest BCUT2D eigenvalue weighted by Crippen LogP contribution is 2.28. The number of carbonyl (C=O) groups excluding carboxylic acids is 1. The monoisotopic (exact) mass is 379 g/mol. The van der Waals surface area contributed by atoms with Crippen molar-refractivity contribution in [3.05, 3.63) is 65.7 Å². The highest BCUT2D eigenvalue weighted by molar-refractivity contribution is 7.17. The van der Waals surface area contributed by atoms with Gasteiger partial charge in [-0.2, -0.15) is 5.10 Å². The maximum Gasteiger partial charge on any atom is 0.261 e. The van der Waals surface area contributed by atoms with Gasteiger partial charge in [0.1, 0.15) is 5.65 Å². The first-order valence-corrected chi connectivity index (χ1v) is 9.72. The number of nitrogens with one attached hydrogen (secondary N) is 1. The number of thiophene rings is 1. The van der Waals surface area contributed by atoms with Crippen LogP contribution < -0.4 is 5.32 Å². The van der Waals surface area contributed by atoms with E-state index in [0.29, 0.717) is 17.3 Å². The van der Waals surface area contributed by atoms with Gasteiger partial charge in [0.05, 0.1) is 11.1 Å². The van der Waals surface area contributed by atoms with E-state index in [0.717, 1.165) is 28.2 Å². The molecule has 0 radical (unpaired) electrons. The smallest absolute Gasteiger partial charge is 0.261 e. The van der Waals surface area contributed by atoms with Crippen LogP contribution >= 0.6 is 11.3 Å². The molecule has 0 saturated carbocycles. The number of pyridine rings is 1. The largest absolute Gasteiger partial charge is 0.347 e. The van der Waals surface area contributed by atoms with E-state index < -0.39 is 0 Å². The lowest BCUT2D eigenvalue weighted by Crippen LogP contribution is -2.21. The van der Waals surface area contributed by atoms with Gasteiger partial charge in [0.25, 0.3) is 5.91 Å². The van der Waals surface area contributed by atoms with Crippen molar-refractivity contribution in [2.75, 3.05) is 0 Å². The zero-order valence-electron chi connectivity index (χ0n) is 15.3. The molecule has 1 amide bonds.